The maximum Gasteiger partial charge on any atom is 0.316 e. The molecule has 5 bridgehead atoms. The zero-order valence-electron chi connectivity index (χ0n) is 39.3. The first-order valence-electron chi connectivity index (χ1n) is 21.7. The van der Waals surface area contributed by atoms with Gasteiger partial charge in [-0.05, 0) is 54.5 Å². The van der Waals surface area contributed by atoms with Crippen molar-refractivity contribution in [3.8, 4) is 11.5 Å². The van der Waals surface area contributed by atoms with Crippen molar-refractivity contribution < 1.29 is 67.4 Å². The summed E-state index contributed by atoms with van der Waals surface area (Å²) in [5.41, 5.74) is -2.55. The number of rotatable bonds is 4. The number of benzene rings is 1. The summed E-state index contributed by atoms with van der Waals surface area (Å²) in [7, 11) is 1.42. The summed E-state index contributed by atoms with van der Waals surface area (Å²) in [6.07, 6.45) is 2.53. The fraction of sp³-hybridized carbons (Fsp3) is 0.583. The van der Waals surface area contributed by atoms with E-state index in [4.69, 9.17) is 28.4 Å². The van der Waals surface area contributed by atoms with E-state index in [1.54, 1.807) is 79.4 Å². The number of allylic oxidation sites excluding steroid dienone is 4. The van der Waals surface area contributed by atoms with E-state index in [1.807, 2.05) is 0 Å². The molecule has 0 radical (unpaired) electrons. The van der Waals surface area contributed by atoms with Crippen LogP contribution in [0.25, 0.3) is 0 Å². The van der Waals surface area contributed by atoms with E-state index in [-0.39, 0.29) is 58.2 Å². The van der Waals surface area contributed by atoms with Gasteiger partial charge in [0.25, 0.3) is 11.7 Å². The number of nitrogens with zero attached hydrogens (tertiary/aromatic N) is 1. The molecule has 0 spiro atoms. The Balaban J connectivity index is 1.77. The lowest BCUT2D eigenvalue weighted by Gasteiger charge is -2.39. The van der Waals surface area contributed by atoms with Crippen molar-refractivity contribution in [2.24, 2.45) is 29.1 Å². The third-order valence-electron chi connectivity index (χ3n) is 12.5. The van der Waals surface area contributed by atoms with Gasteiger partial charge in [-0.3, -0.25) is 28.8 Å². The summed E-state index contributed by atoms with van der Waals surface area (Å²) in [6, 6.07) is 0. The lowest BCUT2D eigenvalue weighted by molar-refractivity contribution is -0.160. The zero-order valence-corrected chi connectivity index (χ0v) is 39.3. The number of carbonyl (C=O) groups is 6. The third kappa shape index (κ3) is 9.75. The molecule has 1 aliphatic carbocycles. The van der Waals surface area contributed by atoms with Crippen LogP contribution in [0, 0.1) is 36.0 Å². The van der Waals surface area contributed by atoms with Crippen LogP contribution in [-0.4, -0.2) is 113 Å². The standard InChI is InChI=1S/C48H64N2O14/c1-22-16-15-17-23(2)45(57)49-35-36(50-20-24(3)61-25(4)21-50)40(55)32-33(39(35)54)42(63-46(58)47(10,11)12)29(8)43-34(32)44(56)48(13,64-43)60-19-18-31(59-14)26(5)41(62-30(9)51)28(7)38(53)27(6)37(22)52/h15-19,22,24-28,31,37-38,41,52-53H,20-21H2,1-14H3,(H,49,57)/b16-15+,19-18+,23-17-/t22-,24+,25+,26+,27+,28-,31-,37-,38-,41+,48-/m0/s1. The number of nitrogens with one attached hydrogen (secondary N) is 1. The summed E-state index contributed by atoms with van der Waals surface area (Å²) in [4.78, 5) is 87.0. The van der Waals surface area contributed by atoms with Gasteiger partial charge in [-0.2, -0.15) is 0 Å². The van der Waals surface area contributed by atoms with E-state index >= 15 is 9.59 Å². The SMILES string of the molecule is CO[C@H]1/C=C/O[C@@]2(C)Oc3c(C)c(OC(=O)C(C)(C)C)c4c(c3C2=O)C(=O)C(N2C[C@@H](C)O[C@H](C)C2)=C(NC(=O)/C(C)=C\C=C\[C@H](C)[C@H](O)[C@@H](C)[C@H](O)[C@H](C)[C@H](OC(C)=O)[C@@H]1C)C4=O. The molecule has 11 atom stereocenters. The normalized spacial score (nSPS) is 33.7. The average molecular weight is 893 g/mol. The van der Waals surface area contributed by atoms with E-state index in [0.29, 0.717) is 0 Å². The highest BCUT2D eigenvalue weighted by molar-refractivity contribution is 6.32. The molecule has 350 valence electrons. The Morgan fingerprint density at radius 2 is 1.50 bits per heavy atom. The minimum absolute atomic E-state index is 0.0531. The van der Waals surface area contributed by atoms with E-state index in [9.17, 15) is 29.4 Å². The predicted molar refractivity (Wildman–Crippen MR) is 233 cm³/mol. The fourth-order valence-corrected chi connectivity index (χ4v) is 8.70. The third-order valence-corrected chi connectivity index (χ3v) is 12.5. The van der Waals surface area contributed by atoms with Crippen molar-refractivity contribution in [2.75, 3.05) is 20.2 Å². The lowest BCUT2D eigenvalue weighted by atomic mass is 9.78. The molecule has 0 saturated carbocycles. The highest BCUT2D eigenvalue weighted by Gasteiger charge is 2.54. The molecule has 6 rings (SSSR count). The first-order valence-corrected chi connectivity index (χ1v) is 21.7. The van der Waals surface area contributed by atoms with E-state index in [2.05, 4.69) is 5.32 Å². The predicted octanol–water partition coefficient (Wildman–Crippen LogP) is 5.31. The van der Waals surface area contributed by atoms with E-state index in [0.717, 1.165) is 0 Å². The molecule has 1 aromatic carbocycles. The minimum Gasteiger partial charge on any atom is -0.462 e. The van der Waals surface area contributed by atoms with Crippen LogP contribution in [-0.2, 0) is 33.3 Å². The van der Waals surface area contributed by atoms with Gasteiger partial charge in [-0.1, -0.05) is 45.9 Å². The van der Waals surface area contributed by atoms with Crippen molar-refractivity contribution in [3.63, 3.8) is 0 Å². The molecule has 1 saturated heterocycles. The first-order chi connectivity index (χ1) is 29.7. The average Bonchev–Trinajstić information content (AvgIpc) is 3.48. The Bertz CT molecular complexity index is 2190. The molecule has 16 heteroatoms. The van der Waals surface area contributed by atoms with Crippen molar-refractivity contribution >= 4 is 35.2 Å². The quantitative estimate of drug-likeness (QED) is 0.258. The Kier molecular flexibility index (Phi) is 14.9. The number of hydrogen-bond acceptors (Lipinski definition) is 15. The molecule has 1 aromatic rings. The van der Waals surface area contributed by atoms with Gasteiger partial charge in [0.2, 0.25) is 11.6 Å². The molecule has 64 heavy (non-hydrogen) atoms. The van der Waals surface area contributed by atoms with Gasteiger partial charge in [0.1, 0.15) is 29.0 Å². The van der Waals surface area contributed by atoms with Crippen LogP contribution >= 0.6 is 0 Å². The van der Waals surface area contributed by atoms with Gasteiger partial charge >= 0.3 is 17.7 Å². The number of aliphatic hydroxyl groups excluding tert-OH is 2. The Morgan fingerprint density at radius 1 is 0.875 bits per heavy atom. The van der Waals surface area contributed by atoms with Crippen molar-refractivity contribution in [3.05, 3.63) is 69.8 Å². The van der Waals surface area contributed by atoms with Gasteiger partial charge < -0.3 is 48.9 Å². The largest absolute Gasteiger partial charge is 0.462 e. The van der Waals surface area contributed by atoms with Gasteiger partial charge in [0.05, 0.1) is 58.9 Å². The topological polar surface area (TPSA) is 214 Å². The molecule has 4 aliphatic heterocycles. The van der Waals surface area contributed by atoms with Crippen LogP contribution in [0.3, 0.4) is 0 Å². The highest BCUT2D eigenvalue weighted by Crippen LogP contribution is 2.50. The Hall–Kier alpha value is -5.16. The first kappa shape index (κ1) is 49.8. The Morgan fingerprint density at radius 3 is 2.08 bits per heavy atom. The van der Waals surface area contributed by atoms with E-state index < -0.39 is 112 Å². The van der Waals surface area contributed by atoms with Gasteiger partial charge in [-0.15, -0.1) is 0 Å². The number of Topliss-reactive ketones (excluding diaryl/α,β-unsaturated/α-hetero) is 3. The number of ketones is 3. The number of hydrogen-bond donors (Lipinski definition) is 3. The zero-order chi connectivity index (χ0) is 47.9. The van der Waals surface area contributed by atoms with Gasteiger partial charge in [0, 0.05) is 68.9 Å². The number of esters is 2. The van der Waals surface area contributed by atoms with Crippen LogP contribution in [0.4, 0.5) is 0 Å². The molecule has 4 heterocycles. The van der Waals surface area contributed by atoms with Gasteiger partial charge in [0.15, 0.2) is 0 Å². The number of fused-ring (bicyclic) bond motifs is 14. The second kappa shape index (κ2) is 19.1. The van der Waals surface area contributed by atoms with Crippen LogP contribution in [0.2, 0.25) is 0 Å². The molecule has 0 aromatic heterocycles. The van der Waals surface area contributed by atoms with E-state index in [1.165, 1.54) is 53.2 Å². The van der Waals surface area contributed by atoms with Crippen molar-refractivity contribution in [1.29, 1.82) is 0 Å². The monoisotopic (exact) mass is 892 g/mol. The summed E-state index contributed by atoms with van der Waals surface area (Å²) in [5, 5.41) is 25.7. The molecular weight excluding hydrogens is 829 g/mol. The number of carbonyl (C=O) groups excluding carboxylic acids is 6. The maximum atomic E-state index is 15.3. The minimum atomic E-state index is -2.14. The molecule has 3 N–H and O–H groups in total. The molecule has 5 aliphatic rings. The van der Waals surface area contributed by atoms with Crippen LogP contribution in [0.15, 0.2) is 47.5 Å². The summed E-state index contributed by atoms with van der Waals surface area (Å²) in [5.74, 6) is -9.82. The molecule has 0 unspecified atom stereocenters. The van der Waals surface area contributed by atoms with Gasteiger partial charge in [-0.25, -0.2) is 0 Å². The second-order valence-electron chi connectivity index (χ2n) is 18.8. The maximum absolute atomic E-state index is 15.3. The highest BCUT2D eigenvalue weighted by atomic mass is 16.7. The molecule has 1 amide bonds. The Labute approximate surface area is 375 Å². The fourth-order valence-electron chi connectivity index (χ4n) is 8.70. The molecular formula is C48H64N2O14. The van der Waals surface area contributed by atoms with Crippen LogP contribution in [0.1, 0.15) is 120 Å². The number of morpholine rings is 1. The summed E-state index contributed by atoms with van der Waals surface area (Å²) in [6.45, 7) is 21.2. The van der Waals surface area contributed by atoms with Crippen LogP contribution in [0.5, 0.6) is 11.5 Å². The number of aliphatic hydroxyl groups is 2. The second-order valence-corrected chi connectivity index (χ2v) is 18.8. The number of amides is 1. The molecule has 1 fully saturated rings. The number of methoxy groups -OCH3 is 1. The smallest absolute Gasteiger partial charge is 0.316 e. The van der Waals surface area contributed by atoms with Crippen molar-refractivity contribution in [1.82, 2.24) is 10.2 Å². The lowest BCUT2D eigenvalue weighted by Crippen LogP contribution is -2.49. The molecule has 16 nitrogen and oxygen atoms in total. The van der Waals surface area contributed by atoms with Crippen LogP contribution < -0.4 is 14.8 Å². The summed E-state index contributed by atoms with van der Waals surface area (Å²) < 4.78 is 35.9. The van der Waals surface area contributed by atoms with Crippen molar-refractivity contribution in [2.45, 2.75) is 132 Å². The number of ether oxygens (including phenoxy) is 6. The summed E-state index contributed by atoms with van der Waals surface area (Å²) >= 11 is 0.